The smallest absolute Gasteiger partial charge is 0.338 e. The first kappa shape index (κ1) is 36.2. The van der Waals surface area contributed by atoms with Crippen LogP contribution in [0, 0.1) is 0 Å². The van der Waals surface area contributed by atoms with Crippen LogP contribution >= 0.6 is 46.4 Å². The van der Waals surface area contributed by atoms with Gasteiger partial charge in [0.2, 0.25) is 10.6 Å². The molecule has 0 aliphatic carbocycles. The van der Waals surface area contributed by atoms with E-state index in [1.807, 2.05) is 0 Å². The summed E-state index contributed by atoms with van der Waals surface area (Å²) in [7, 11) is -2.33. The average molecular weight is 724 g/mol. The number of nitrogens with two attached hydrogens (primary N) is 1. The van der Waals surface area contributed by atoms with Crippen LogP contribution in [0.2, 0.25) is 72.2 Å². The van der Waals surface area contributed by atoms with Crippen molar-refractivity contribution in [3.63, 3.8) is 0 Å². The number of amides is 1. The minimum absolute atomic E-state index is 0.00923. The minimum atomic E-state index is -1.18. The Morgan fingerprint density at radius 3 is 1.50 bits per heavy atom. The molecule has 240 valence electrons. The topological polar surface area (TPSA) is 160 Å². The van der Waals surface area contributed by atoms with Crippen molar-refractivity contribution in [1.29, 1.82) is 0 Å². The van der Waals surface area contributed by atoms with Crippen LogP contribution in [0.5, 0.6) is 0 Å². The number of ether oxygens (including phenoxy) is 2. The number of rotatable bonds is 12. The standard InChI is InChI=1S/C13H18Cl2N4O2Si.C13H17Cl2N3O3Si/c1-22(2,3)5-4-21-7-19-6-8(11(16)20)9-10(14)17-13(15)18-12(9)19;1-22(2,3)5-4-21-7-18-6-8(12(19)20)9-10(14)16-13(15)17-11(9)18/h6H,4-5,7H2,1-3H3,(H2,16,20);6H,4-5,7H2,1-3H3,(H,19,20). The average Bonchev–Trinajstić information content (AvgIpc) is 3.43. The molecule has 0 radical (unpaired) electrons. The number of hydrogen-bond acceptors (Lipinski definition) is 8. The summed E-state index contributed by atoms with van der Waals surface area (Å²) in [6.07, 6.45) is 3.01. The molecule has 0 unspecified atom stereocenters. The lowest BCUT2D eigenvalue weighted by molar-refractivity contribution is 0.0695. The summed E-state index contributed by atoms with van der Waals surface area (Å²) in [5, 5.41) is 10.0. The largest absolute Gasteiger partial charge is 0.478 e. The van der Waals surface area contributed by atoms with Crippen molar-refractivity contribution in [2.24, 2.45) is 5.73 Å². The van der Waals surface area contributed by atoms with E-state index in [2.05, 4.69) is 59.2 Å². The number of carboxylic acids is 1. The maximum absolute atomic E-state index is 11.6. The van der Waals surface area contributed by atoms with Crippen molar-refractivity contribution >= 4 is 96.5 Å². The zero-order chi connectivity index (χ0) is 33.0. The molecule has 4 heterocycles. The van der Waals surface area contributed by atoms with Gasteiger partial charge in [-0.25, -0.2) is 14.8 Å². The van der Waals surface area contributed by atoms with E-state index < -0.39 is 28.0 Å². The summed E-state index contributed by atoms with van der Waals surface area (Å²) in [6.45, 7) is 15.3. The van der Waals surface area contributed by atoms with E-state index in [9.17, 15) is 14.7 Å². The second kappa shape index (κ2) is 14.9. The molecule has 0 aromatic carbocycles. The summed E-state index contributed by atoms with van der Waals surface area (Å²) in [5.41, 5.74) is 6.46. The molecule has 12 nitrogen and oxygen atoms in total. The summed E-state index contributed by atoms with van der Waals surface area (Å²) in [5.74, 6) is -1.70. The van der Waals surface area contributed by atoms with Gasteiger partial charge in [0, 0.05) is 41.8 Å². The number of aromatic carboxylic acids is 1. The molecular formula is C26H35Cl4N7O5Si2. The van der Waals surface area contributed by atoms with E-state index in [0.29, 0.717) is 29.9 Å². The van der Waals surface area contributed by atoms with Crippen molar-refractivity contribution in [3.8, 4) is 0 Å². The highest BCUT2D eigenvalue weighted by Gasteiger charge is 2.21. The van der Waals surface area contributed by atoms with Crippen molar-refractivity contribution in [2.45, 2.75) is 64.8 Å². The van der Waals surface area contributed by atoms with Gasteiger partial charge in [0.25, 0.3) is 5.91 Å². The molecule has 0 aliphatic heterocycles. The van der Waals surface area contributed by atoms with Gasteiger partial charge in [-0.3, -0.25) is 4.79 Å². The molecular weight excluding hydrogens is 688 g/mol. The molecule has 44 heavy (non-hydrogen) atoms. The first-order chi connectivity index (χ1) is 20.4. The van der Waals surface area contributed by atoms with Crippen molar-refractivity contribution in [1.82, 2.24) is 29.1 Å². The maximum atomic E-state index is 11.6. The lowest BCUT2D eigenvalue weighted by Gasteiger charge is -2.15. The number of aromatic nitrogens is 6. The monoisotopic (exact) mass is 721 g/mol. The second-order valence-corrected chi connectivity index (χ2v) is 25.0. The third-order valence-electron chi connectivity index (χ3n) is 6.24. The fraction of sp³-hybridized carbons (Fsp3) is 0.462. The lowest BCUT2D eigenvalue weighted by atomic mass is 10.2. The minimum Gasteiger partial charge on any atom is -0.478 e. The van der Waals surface area contributed by atoms with Gasteiger partial charge >= 0.3 is 5.97 Å². The van der Waals surface area contributed by atoms with Crippen LogP contribution in [-0.2, 0) is 22.9 Å². The van der Waals surface area contributed by atoms with Crippen LogP contribution < -0.4 is 5.73 Å². The first-order valence-corrected chi connectivity index (χ1v) is 22.4. The molecule has 4 aromatic rings. The molecule has 0 atom stereocenters. The van der Waals surface area contributed by atoms with Crippen LogP contribution in [0.25, 0.3) is 22.1 Å². The zero-order valence-corrected chi connectivity index (χ0v) is 30.3. The number of nitrogens with zero attached hydrogens (tertiary/aromatic N) is 6. The summed E-state index contributed by atoms with van der Waals surface area (Å²) < 4.78 is 14.6. The number of hydrogen-bond donors (Lipinski definition) is 2. The number of carboxylic acid groups (broad SMARTS) is 1. The number of carbonyl (C=O) groups excluding carboxylic acids is 1. The molecule has 18 heteroatoms. The van der Waals surface area contributed by atoms with Crippen LogP contribution in [0.4, 0.5) is 0 Å². The molecule has 4 rings (SSSR count). The van der Waals surface area contributed by atoms with Gasteiger partial charge in [-0.2, -0.15) is 9.97 Å². The number of fused-ring (bicyclic) bond motifs is 2. The van der Waals surface area contributed by atoms with E-state index in [1.54, 1.807) is 15.3 Å². The molecule has 0 bridgehead atoms. The molecule has 1 amide bonds. The van der Waals surface area contributed by atoms with Crippen molar-refractivity contribution < 1.29 is 24.2 Å². The molecule has 0 saturated heterocycles. The molecule has 3 N–H and O–H groups in total. The van der Waals surface area contributed by atoms with E-state index in [1.165, 1.54) is 6.20 Å². The summed E-state index contributed by atoms with van der Waals surface area (Å²) >= 11 is 23.7. The Kier molecular flexibility index (Phi) is 12.2. The molecule has 0 spiro atoms. The fourth-order valence-electron chi connectivity index (χ4n) is 3.87. The fourth-order valence-corrected chi connectivity index (χ4v) is 6.33. The Morgan fingerprint density at radius 1 is 0.750 bits per heavy atom. The van der Waals surface area contributed by atoms with Gasteiger partial charge in [-0.15, -0.1) is 0 Å². The third-order valence-corrected chi connectivity index (χ3v) is 10.5. The second-order valence-electron chi connectivity index (χ2n) is 12.4. The predicted octanol–water partition coefficient (Wildman–Crippen LogP) is 6.90. The van der Waals surface area contributed by atoms with Crippen molar-refractivity contribution in [3.05, 3.63) is 44.4 Å². The number of primary amides is 1. The Hall–Kier alpha value is -2.31. The van der Waals surface area contributed by atoms with Crippen LogP contribution in [-0.4, -0.2) is 75.4 Å². The van der Waals surface area contributed by atoms with Crippen molar-refractivity contribution in [2.75, 3.05) is 13.2 Å². The molecule has 4 aromatic heterocycles. The van der Waals surface area contributed by atoms with E-state index >= 15 is 0 Å². The molecule has 0 fully saturated rings. The zero-order valence-electron chi connectivity index (χ0n) is 25.3. The van der Waals surface area contributed by atoms with Crippen LogP contribution in [0.3, 0.4) is 0 Å². The van der Waals surface area contributed by atoms with Gasteiger partial charge in [-0.1, -0.05) is 62.5 Å². The Morgan fingerprint density at radius 2 is 1.14 bits per heavy atom. The Balaban J connectivity index is 0.000000240. The lowest BCUT2D eigenvalue weighted by Crippen LogP contribution is -2.22. The SMILES string of the molecule is C[Si](C)(C)CCOCn1cc(C(=O)O)c2c(Cl)nc(Cl)nc21.C[Si](C)(C)CCOCn1cc(C(N)=O)c2c(Cl)nc(Cl)nc21. The van der Waals surface area contributed by atoms with Gasteiger partial charge in [0.05, 0.1) is 21.9 Å². The van der Waals surface area contributed by atoms with Gasteiger partial charge in [0.15, 0.2) is 0 Å². The molecule has 0 saturated carbocycles. The van der Waals surface area contributed by atoms with Gasteiger partial charge in [-0.05, 0) is 35.3 Å². The van der Waals surface area contributed by atoms with Crippen LogP contribution in [0.1, 0.15) is 20.7 Å². The van der Waals surface area contributed by atoms with Gasteiger partial charge < -0.3 is 29.4 Å². The van der Waals surface area contributed by atoms with Crippen LogP contribution in [0.15, 0.2) is 12.4 Å². The Bertz CT molecular complexity index is 1550. The summed E-state index contributed by atoms with van der Waals surface area (Å²) in [4.78, 5) is 38.7. The quantitative estimate of drug-likeness (QED) is 0.0686. The van der Waals surface area contributed by atoms with E-state index in [0.717, 1.165) is 12.1 Å². The molecule has 0 aliphatic rings. The highest BCUT2D eigenvalue weighted by molar-refractivity contribution is 6.76. The predicted molar refractivity (Wildman–Crippen MR) is 179 cm³/mol. The maximum Gasteiger partial charge on any atom is 0.338 e. The highest BCUT2D eigenvalue weighted by Crippen LogP contribution is 2.29. The Labute approximate surface area is 276 Å². The summed E-state index contributed by atoms with van der Waals surface area (Å²) in [6, 6.07) is 2.07. The van der Waals surface area contributed by atoms with E-state index in [-0.39, 0.29) is 50.8 Å². The van der Waals surface area contributed by atoms with E-state index in [4.69, 9.17) is 61.6 Å². The number of carbonyl (C=O) groups is 2. The number of halogens is 4. The normalized spacial score (nSPS) is 12.0. The van der Waals surface area contributed by atoms with Gasteiger partial charge in [0.1, 0.15) is 35.1 Å². The third kappa shape index (κ3) is 9.85. The highest BCUT2D eigenvalue weighted by atomic mass is 35.5. The first-order valence-electron chi connectivity index (χ1n) is 13.5.